The Labute approximate surface area is 349 Å². The summed E-state index contributed by atoms with van der Waals surface area (Å²) in [6.07, 6.45) is 5.72. The molecule has 14 nitrogen and oxygen atoms in total. The van der Waals surface area contributed by atoms with Gasteiger partial charge in [0.15, 0.2) is 0 Å². The number of methoxy groups -OCH3 is 1. The molecule has 2 saturated heterocycles. The van der Waals surface area contributed by atoms with Crippen LogP contribution in [-0.4, -0.2) is 101 Å². The third-order valence-electron chi connectivity index (χ3n) is 12.8. The van der Waals surface area contributed by atoms with Crippen LogP contribution < -0.4 is 25.2 Å². The fourth-order valence-corrected chi connectivity index (χ4v) is 9.51. The Morgan fingerprint density at radius 2 is 1.74 bits per heavy atom. The fourth-order valence-electron chi connectivity index (χ4n) is 9.51. The molecule has 0 radical (unpaired) electrons. The lowest BCUT2D eigenvalue weighted by molar-refractivity contribution is -0.137. The molecular formula is C44H46F3N9O5. The van der Waals surface area contributed by atoms with Crippen molar-refractivity contribution in [3.63, 3.8) is 0 Å². The molecule has 3 N–H and O–H groups in total. The number of ether oxygens (including phenoxy) is 1. The highest BCUT2D eigenvalue weighted by Gasteiger charge is 2.40. The highest BCUT2D eigenvalue weighted by atomic mass is 19.3. The van der Waals surface area contributed by atoms with Gasteiger partial charge in [0.25, 0.3) is 12.3 Å². The van der Waals surface area contributed by atoms with E-state index in [-0.39, 0.29) is 60.7 Å². The zero-order valence-corrected chi connectivity index (χ0v) is 33.9. The van der Waals surface area contributed by atoms with E-state index in [1.807, 2.05) is 4.90 Å². The van der Waals surface area contributed by atoms with Gasteiger partial charge in [-0.15, -0.1) is 0 Å². The van der Waals surface area contributed by atoms with Crippen molar-refractivity contribution in [2.75, 3.05) is 49.6 Å². The number of pyridine rings is 1. The summed E-state index contributed by atoms with van der Waals surface area (Å²) in [4.78, 5) is 61.3. The summed E-state index contributed by atoms with van der Waals surface area (Å²) in [7, 11) is 1.50. The van der Waals surface area contributed by atoms with Crippen LogP contribution in [0.15, 0.2) is 60.2 Å². The molecule has 2 aromatic carbocycles. The number of nitrogens with one attached hydrogen (secondary N) is 3. The number of amidine groups is 1. The van der Waals surface area contributed by atoms with Crippen molar-refractivity contribution in [2.45, 2.75) is 76.9 Å². The van der Waals surface area contributed by atoms with Crippen LogP contribution in [0.3, 0.4) is 0 Å². The van der Waals surface area contributed by atoms with Gasteiger partial charge < -0.3 is 34.1 Å². The van der Waals surface area contributed by atoms with E-state index in [1.165, 1.54) is 31.1 Å². The number of amides is 4. The second kappa shape index (κ2) is 15.9. The number of carbonyl (C=O) groups is 4. The SMILES string of the molecule is COc1cn2ccnc2cc1-c1cc2c(cc1C(F)F)N(C(=N)C1=C(NC3CCN(c4cc5c(cc4F)C(=O)N(C4CCC(=O)NC4=O)C5)CC3)CCN(C(C)=O)C1)CCC2. The maximum atomic E-state index is 15.7. The predicted molar refractivity (Wildman–Crippen MR) is 220 cm³/mol. The first kappa shape index (κ1) is 40.0. The third-order valence-corrected chi connectivity index (χ3v) is 12.8. The second-order valence-electron chi connectivity index (χ2n) is 16.3. The van der Waals surface area contributed by atoms with Crippen LogP contribution in [0.2, 0.25) is 0 Å². The first-order valence-corrected chi connectivity index (χ1v) is 20.7. The third kappa shape index (κ3) is 7.33. The van der Waals surface area contributed by atoms with Crippen molar-refractivity contribution >= 4 is 46.5 Å². The lowest BCUT2D eigenvalue weighted by atomic mass is 9.91. The number of halogens is 3. The lowest BCUT2D eigenvalue weighted by Gasteiger charge is -2.39. The summed E-state index contributed by atoms with van der Waals surface area (Å²) in [5, 5.41) is 15.6. The first-order chi connectivity index (χ1) is 29.4. The molecule has 1 atom stereocenters. The number of piperidine rings is 2. The average molecular weight is 838 g/mol. The number of aromatic nitrogens is 2. The van der Waals surface area contributed by atoms with E-state index < -0.39 is 30.1 Å². The Bertz CT molecular complexity index is 2530. The summed E-state index contributed by atoms with van der Waals surface area (Å²) in [6.45, 7) is 3.75. The number of hydrogen-bond acceptors (Lipinski definition) is 9. The summed E-state index contributed by atoms with van der Waals surface area (Å²) < 4.78 is 53.1. The molecule has 2 aromatic heterocycles. The Morgan fingerprint density at radius 1 is 0.934 bits per heavy atom. The standard InChI is InChI=1S/C44H46F3N9O5/c1-24(57)53-14-9-34(50-27-7-12-52(13-8-27)37-17-26-21-56(44(60)28(26)18-33(37)45)35-5-6-40(58)51-43(35)59)32(22-53)42(48)55-11-3-4-25-16-29(31(41(46)47)19-36(25)55)30-20-39-49-10-15-54(39)23-38(30)61-2/h10,15-20,23,27,35,41,48,50H,3-9,11-14,21-22H2,1-2H3,(H,51,58,59). The largest absolute Gasteiger partial charge is 0.495 e. The Morgan fingerprint density at radius 3 is 2.48 bits per heavy atom. The van der Waals surface area contributed by atoms with Gasteiger partial charge in [0.2, 0.25) is 17.7 Å². The summed E-state index contributed by atoms with van der Waals surface area (Å²) >= 11 is 0. The fraction of sp³-hybridized carbons (Fsp3) is 0.409. The molecule has 0 bridgehead atoms. The zero-order valence-electron chi connectivity index (χ0n) is 33.9. The number of alkyl halides is 2. The van der Waals surface area contributed by atoms with Crippen molar-refractivity contribution in [3.05, 3.63) is 88.3 Å². The maximum Gasteiger partial charge on any atom is 0.264 e. The van der Waals surface area contributed by atoms with Crippen molar-refractivity contribution in [2.24, 2.45) is 0 Å². The Balaban J connectivity index is 0.946. The average Bonchev–Trinajstić information content (AvgIpc) is 3.85. The molecule has 0 aliphatic carbocycles. The van der Waals surface area contributed by atoms with Crippen LogP contribution in [0.25, 0.3) is 16.8 Å². The number of carbonyl (C=O) groups excluding carboxylic acids is 4. The van der Waals surface area contributed by atoms with Gasteiger partial charge in [-0.1, -0.05) is 0 Å². The summed E-state index contributed by atoms with van der Waals surface area (Å²) in [5.74, 6) is -1.40. The summed E-state index contributed by atoms with van der Waals surface area (Å²) in [5.41, 5.74) is 5.30. The number of anilines is 2. The molecule has 4 amide bonds. The van der Waals surface area contributed by atoms with Gasteiger partial charge in [-0.25, -0.2) is 18.2 Å². The minimum atomic E-state index is -2.82. The first-order valence-electron chi connectivity index (χ1n) is 20.7. The number of hydrogen-bond donors (Lipinski definition) is 3. The van der Waals surface area contributed by atoms with E-state index in [9.17, 15) is 33.4 Å². The molecule has 0 spiro atoms. The zero-order chi connectivity index (χ0) is 42.7. The summed E-state index contributed by atoms with van der Waals surface area (Å²) in [6, 6.07) is 7.14. The number of benzene rings is 2. The highest BCUT2D eigenvalue weighted by molar-refractivity contribution is 6.10. The van der Waals surface area contributed by atoms with Crippen LogP contribution in [0.4, 0.5) is 24.5 Å². The second-order valence-corrected chi connectivity index (χ2v) is 16.3. The van der Waals surface area contributed by atoms with Crippen LogP contribution >= 0.6 is 0 Å². The van der Waals surface area contributed by atoms with Crippen LogP contribution in [0, 0.1) is 11.2 Å². The minimum absolute atomic E-state index is 0.0240. The van der Waals surface area contributed by atoms with E-state index in [2.05, 4.69) is 15.6 Å². The maximum absolute atomic E-state index is 15.7. The molecule has 1 unspecified atom stereocenters. The molecule has 17 heteroatoms. The Hall–Kier alpha value is -6.39. The molecule has 61 heavy (non-hydrogen) atoms. The molecule has 7 heterocycles. The van der Waals surface area contributed by atoms with E-state index in [1.54, 1.807) is 51.0 Å². The van der Waals surface area contributed by atoms with Gasteiger partial charge in [-0.05, 0) is 79.1 Å². The molecule has 2 fully saturated rings. The van der Waals surface area contributed by atoms with Gasteiger partial charge in [0, 0.05) is 105 Å². The minimum Gasteiger partial charge on any atom is -0.495 e. The topological polar surface area (TPSA) is 156 Å². The number of nitrogens with zero attached hydrogens (tertiary/aromatic N) is 6. The van der Waals surface area contributed by atoms with Crippen molar-refractivity contribution < 1.29 is 37.1 Å². The van der Waals surface area contributed by atoms with Gasteiger partial charge in [0.1, 0.15) is 29.1 Å². The van der Waals surface area contributed by atoms with Crippen molar-refractivity contribution in [1.29, 1.82) is 5.41 Å². The normalized spacial score (nSPS) is 19.8. The van der Waals surface area contributed by atoms with Gasteiger partial charge >= 0.3 is 0 Å². The van der Waals surface area contributed by atoms with Crippen LogP contribution in [0.5, 0.6) is 5.75 Å². The van der Waals surface area contributed by atoms with Crippen LogP contribution in [0.1, 0.15) is 78.9 Å². The monoisotopic (exact) mass is 837 g/mol. The molecule has 0 saturated carbocycles. The molecule has 4 aromatic rings. The lowest BCUT2D eigenvalue weighted by Crippen LogP contribution is -2.52. The van der Waals surface area contributed by atoms with E-state index >= 15 is 4.39 Å². The molecule has 5 aliphatic heterocycles. The number of fused-ring (bicyclic) bond motifs is 3. The van der Waals surface area contributed by atoms with E-state index in [4.69, 9.17) is 4.74 Å². The van der Waals surface area contributed by atoms with Crippen molar-refractivity contribution in [3.8, 4) is 16.9 Å². The number of rotatable bonds is 8. The smallest absolute Gasteiger partial charge is 0.264 e. The highest BCUT2D eigenvalue weighted by Crippen LogP contribution is 2.43. The Kier molecular flexibility index (Phi) is 10.4. The van der Waals surface area contributed by atoms with E-state index in [0.29, 0.717) is 103 Å². The van der Waals surface area contributed by atoms with Crippen LogP contribution in [-0.2, 0) is 27.3 Å². The van der Waals surface area contributed by atoms with Gasteiger partial charge in [0.05, 0.1) is 25.5 Å². The van der Waals surface area contributed by atoms with Gasteiger partial charge in [-0.3, -0.25) is 29.9 Å². The molecular weight excluding hydrogens is 792 g/mol. The number of aryl methyl sites for hydroxylation is 1. The molecule has 5 aliphatic rings. The number of imidazole rings is 1. The molecule has 318 valence electrons. The van der Waals surface area contributed by atoms with E-state index in [0.717, 1.165) is 11.3 Å². The number of imide groups is 1. The van der Waals surface area contributed by atoms with Crippen molar-refractivity contribution in [1.82, 2.24) is 29.8 Å². The van der Waals surface area contributed by atoms with Gasteiger partial charge in [-0.2, -0.15) is 0 Å². The predicted octanol–water partition coefficient (Wildman–Crippen LogP) is 5.34. The molecule has 9 rings (SSSR count). The quantitative estimate of drug-likeness (QED) is 0.121.